The summed E-state index contributed by atoms with van der Waals surface area (Å²) < 4.78 is 11.3. The minimum absolute atomic E-state index is 0.0675. The van der Waals surface area contributed by atoms with E-state index in [9.17, 15) is 10.1 Å². The molecule has 1 aromatic heterocycles. The Kier molecular flexibility index (Phi) is 2.92. The fraction of sp³-hybridized carbons (Fsp3) is 0.700. The summed E-state index contributed by atoms with van der Waals surface area (Å²) in [6.45, 7) is 2.66. The van der Waals surface area contributed by atoms with Crippen LogP contribution in [0.5, 0.6) is 0 Å². The molecular weight excluding hydrogens is 258 g/mol. The number of thiazole rings is 1. The van der Waals surface area contributed by atoms with Crippen molar-refractivity contribution in [2.75, 3.05) is 31.2 Å². The Morgan fingerprint density at radius 1 is 1.50 bits per heavy atom. The number of hydrogen-bond donors (Lipinski definition) is 0. The van der Waals surface area contributed by atoms with Crippen molar-refractivity contribution in [1.82, 2.24) is 4.98 Å². The van der Waals surface area contributed by atoms with Gasteiger partial charge in [-0.2, -0.15) is 0 Å². The van der Waals surface area contributed by atoms with E-state index < -0.39 is 10.7 Å². The quantitative estimate of drug-likeness (QED) is 0.597. The summed E-state index contributed by atoms with van der Waals surface area (Å²) in [6, 6.07) is 0. The van der Waals surface area contributed by atoms with Crippen LogP contribution in [0.2, 0.25) is 0 Å². The van der Waals surface area contributed by atoms with E-state index in [1.807, 2.05) is 4.90 Å². The molecule has 0 atom stereocenters. The fourth-order valence-corrected chi connectivity index (χ4v) is 3.13. The van der Waals surface area contributed by atoms with Gasteiger partial charge >= 0.3 is 5.00 Å². The molecule has 2 aliphatic rings. The Hall–Kier alpha value is -1.25. The highest BCUT2D eigenvalue weighted by Crippen LogP contribution is 2.35. The Morgan fingerprint density at radius 3 is 2.94 bits per heavy atom. The molecule has 2 saturated heterocycles. The molecule has 18 heavy (non-hydrogen) atoms. The van der Waals surface area contributed by atoms with Crippen molar-refractivity contribution in [3.63, 3.8) is 0 Å². The van der Waals surface area contributed by atoms with E-state index in [0.29, 0.717) is 24.9 Å². The molecule has 0 aromatic carbocycles. The summed E-state index contributed by atoms with van der Waals surface area (Å²) in [6.07, 6.45) is 3.11. The number of rotatable bonds is 2. The molecule has 2 aliphatic heterocycles. The number of ether oxygens (including phenoxy) is 2. The number of nitrogens with zero attached hydrogens (tertiary/aromatic N) is 3. The first kappa shape index (κ1) is 11.8. The normalized spacial score (nSPS) is 22.6. The predicted molar refractivity (Wildman–Crippen MR) is 64.9 cm³/mol. The maximum absolute atomic E-state index is 10.7. The molecular formula is C10H13N3O4S. The summed E-state index contributed by atoms with van der Waals surface area (Å²) >= 11 is 1.09. The Labute approximate surface area is 107 Å². The molecule has 0 unspecified atom stereocenters. The van der Waals surface area contributed by atoms with Gasteiger partial charge in [0.05, 0.1) is 24.7 Å². The van der Waals surface area contributed by atoms with Gasteiger partial charge in [0.25, 0.3) is 0 Å². The highest BCUT2D eigenvalue weighted by Gasteiger charge is 2.41. The predicted octanol–water partition coefficient (Wildman–Crippen LogP) is 1.39. The van der Waals surface area contributed by atoms with Crippen LogP contribution in [0.15, 0.2) is 6.20 Å². The van der Waals surface area contributed by atoms with Gasteiger partial charge in [-0.3, -0.25) is 10.1 Å². The first-order valence-electron chi connectivity index (χ1n) is 5.82. The first-order chi connectivity index (χ1) is 8.69. The molecule has 3 heterocycles. The van der Waals surface area contributed by atoms with E-state index in [1.165, 1.54) is 6.20 Å². The van der Waals surface area contributed by atoms with Gasteiger partial charge in [-0.25, -0.2) is 4.98 Å². The number of piperidine rings is 1. The fourth-order valence-electron chi connectivity index (χ4n) is 2.37. The molecule has 0 amide bonds. The highest BCUT2D eigenvalue weighted by atomic mass is 32.1. The minimum atomic E-state index is -0.529. The molecule has 98 valence electrons. The lowest BCUT2D eigenvalue weighted by molar-refractivity contribution is -0.380. The molecule has 1 spiro atoms. The summed E-state index contributed by atoms with van der Waals surface area (Å²) in [5.41, 5.74) is 0. The lowest BCUT2D eigenvalue weighted by Crippen LogP contribution is -2.49. The molecule has 3 rings (SSSR count). The maximum Gasteiger partial charge on any atom is 0.345 e. The van der Waals surface area contributed by atoms with Crippen LogP contribution in [-0.2, 0) is 9.47 Å². The SMILES string of the molecule is O=[N+]([O-])c1cnc(N2CCCC3(C2)OCCO3)s1. The van der Waals surface area contributed by atoms with Crippen molar-refractivity contribution in [3.8, 4) is 0 Å². The average molecular weight is 271 g/mol. The van der Waals surface area contributed by atoms with Crippen molar-refractivity contribution in [1.29, 1.82) is 0 Å². The van der Waals surface area contributed by atoms with Crippen molar-refractivity contribution < 1.29 is 14.4 Å². The minimum Gasteiger partial charge on any atom is -0.346 e. The lowest BCUT2D eigenvalue weighted by Gasteiger charge is -2.38. The summed E-state index contributed by atoms with van der Waals surface area (Å²) in [5.74, 6) is -0.529. The van der Waals surface area contributed by atoms with Crippen molar-refractivity contribution in [2.45, 2.75) is 18.6 Å². The largest absolute Gasteiger partial charge is 0.346 e. The highest BCUT2D eigenvalue weighted by molar-refractivity contribution is 7.18. The van der Waals surface area contributed by atoms with Crippen LogP contribution in [0.1, 0.15) is 12.8 Å². The van der Waals surface area contributed by atoms with Crippen LogP contribution in [0, 0.1) is 10.1 Å². The summed E-state index contributed by atoms with van der Waals surface area (Å²) in [4.78, 5) is 16.4. The molecule has 0 saturated carbocycles. The van der Waals surface area contributed by atoms with Crippen molar-refractivity contribution >= 4 is 21.5 Å². The molecule has 0 bridgehead atoms. The van der Waals surface area contributed by atoms with E-state index in [2.05, 4.69) is 4.98 Å². The van der Waals surface area contributed by atoms with Crippen molar-refractivity contribution in [2.24, 2.45) is 0 Å². The number of aromatic nitrogens is 1. The van der Waals surface area contributed by atoms with E-state index >= 15 is 0 Å². The lowest BCUT2D eigenvalue weighted by atomic mass is 10.1. The second-order valence-corrected chi connectivity index (χ2v) is 5.36. The van der Waals surface area contributed by atoms with Gasteiger partial charge in [-0.05, 0) is 17.8 Å². The number of nitro groups is 1. The smallest absolute Gasteiger partial charge is 0.345 e. The molecule has 8 heteroatoms. The molecule has 0 radical (unpaired) electrons. The van der Waals surface area contributed by atoms with E-state index in [-0.39, 0.29) is 5.00 Å². The second-order valence-electron chi connectivity index (χ2n) is 4.37. The maximum atomic E-state index is 10.7. The average Bonchev–Trinajstić information content (AvgIpc) is 2.98. The Bertz CT molecular complexity index is 458. The van der Waals surface area contributed by atoms with Gasteiger partial charge in [0.1, 0.15) is 6.20 Å². The zero-order valence-corrected chi connectivity index (χ0v) is 10.5. The van der Waals surface area contributed by atoms with Crippen LogP contribution >= 0.6 is 11.3 Å². The van der Waals surface area contributed by atoms with E-state index in [4.69, 9.17) is 9.47 Å². The van der Waals surface area contributed by atoms with Gasteiger partial charge in [0, 0.05) is 13.0 Å². The van der Waals surface area contributed by atoms with Crippen molar-refractivity contribution in [3.05, 3.63) is 16.3 Å². The molecule has 2 fully saturated rings. The van der Waals surface area contributed by atoms with Crippen LogP contribution in [0.4, 0.5) is 10.1 Å². The second kappa shape index (κ2) is 4.45. The van der Waals surface area contributed by atoms with Crippen LogP contribution in [-0.4, -0.2) is 42.0 Å². The van der Waals surface area contributed by atoms with Crippen LogP contribution < -0.4 is 4.90 Å². The van der Waals surface area contributed by atoms with Gasteiger partial charge in [-0.1, -0.05) is 0 Å². The van der Waals surface area contributed by atoms with Gasteiger partial charge in [0.2, 0.25) is 0 Å². The summed E-state index contributed by atoms with van der Waals surface area (Å²) in [7, 11) is 0. The molecule has 1 aromatic rings. The third-order valence-electron chi connectivity index (χ3n) is 3.16. The zero-order valence-electron chi connectivity index (χ0n) is 9.70. The van der Waals surface area contributed by atoms with E-state index in [0.717, 1.165) is 30.7 Å². The first-order valence-corrected chi connectivity index (χ1v) is 6.63. The zero-order chi connectivity index (χ0) is 12.6. The third-order valence-corrected chi connectivity index (χ3v) is 4.17. The molecule has 7 nitrogen and oxygen atoms in total. The van der Waals surface area contributed by atoms with Crippen LogP contribution in [0.3, 0.4) is 0 Å². The van der Waals surface area contributed by atoms with Gasteiger partial charge < -0.3 is 14.4 Å². The topological polar surface area (TPSA) is 77.7 Å². The van der Waals surface area contributed by atoms with Gasteiger partial charge in [-0.15, -0.1) is 0 Å². The van der Waals surface area contributed by atoms with Crippen LogP contribution in [0.25, 0.3) is 0 Å². The number of hydrogen-bond acceptors (Lipinski definition) is 7. The Morgan fingerprint density at radius 2 is 2.28 bits per heavy atom. The molecule has 0 N–H and O–H groups in total. The third kappa shape index (κ3) is 2.06. The summed E-state index contributed by atoms with van der Waals surface area (Å²) in [5, 5.41) is 11.4. The van der Waals surface area contributed by atoms with E-state index in [1.54, 1.807) is 0 Å². The standard InChI is InChI=1S/C10H13N3O4S/c14-13(15)8-6-11-9(18-8)12-3-1-2-10(7-12)16-4-5-17-10/h6H,1-5,7H2. The Balaban J connectivity index is 1.76. The monoisotopic (exact) mass is 271 g/mol. The number of anilines is 1. The van der Waals surface area contributed by atoms with Gasteiger partial charge in [0.15, 0.2) is 10.9 Å². The molecule has 0 aliphatic carbocycles.